The number of piperidine rings is 1. The van der Waals surface area contributed by atoms with Gasteiger partial charge in [0.2, 0.25) is 5.91 Å². The van der Waals surface area contributed by atoms with Crippen LogP contribution >= 0.6 is 0 Å². The minimum absolute atomic E-state index is 0.0733. The number of hydrogen-bond donors (Lipinski definition) is 0. The van der Waals surface area contributed by atoms with Crippen LogP contribution in [0.15, 0.2) is 47.2 Å². The van der Waals surface area contributed by atoms with Crippen LogP contribution in [0.25, 0.3) is 11.5 Å². The van der Waals surface area contributed by atoms with Crippen molar-refractivity contribution >= 4 is 5.91 Å². The summed E-state index contributed by atoms with van der Waals surface area (Å²) in [5.41, 5.74) is 1.62. The van der Waals surface area contributed by atoms with E-state index >= 15 is 0 Å². The van der Waals surface area contributed by atoms with E-state index in [-0.39, 0.29) is 18.2 Å². The number of hydrogen-bond acceptors (Lipinski definition) is 7. The summed E-state index contributed by atoms with van der Waals surface area (Å²) in [6.45, 7) is 1.32. The highest BCUT2D eigenvalue weighted by Crippen LogP contribution is 2.29. The summed E-state index contributed by atoms with van der Waals surface area (Å²) < 4.78 is 16.1. The van der Waals surface area contributed by atoms with E-state index < -0.39 is 0 Å². The number of pyridine rings is 1. The average molecular weight is 408 g/mol. The quantitative estimate of drug-likeness (QED) is 0.619. The Morgan fingerprint density at radius 3 is 2.73 bits per heavy atom. The predicted octanol–water partition coefficient (Wildman–Crippen LogP) is 3.10. The number of rotatable bonds is 6. The van der Waals surface area contributed by atoms with Crippen molar-refractivity contribution in [2.24, 2.45) is 0 Å². The van der Waals surface area contributed by atoms with Crippen molar-refractivity contribution in [3.8, 4) is 23.0 Å². The number of carbonyl (C=O) groups is 1. The van der Waals surface area contributed by atoms with Crippen LogP contribution < -0.4 is 9.47 Å². The summed E-state index contributed by atoms with van der Waals surface area (Å²) in [5.74, 6) is 2.81. The Kier molecular flexibility index (Phi) is 5.92. The number of nitrogens with zero attached hydrogens (tertiary/aromatic N) is 4. The van der Waals surface area contributed by atoms with Gasteiger partial charge in [0.1, 0.15) is 11.5 Å². The maximum absolute atomic E-state index is 12.8. The number of methoxy groups -OCH3 is 2. The third-order valence-corrected chi connectivity index (χ3v) is 5.39. The van der Waals surface area contributed by atoms with Crippen molar-refractivity contribution in [2.75, 3.05) is 27.3 Å². The van der Waals surface area contributed by atoms with Crippen molar-refractivity contribution in [1.29, 1.82) is 0 Å². The Labute approximate surface area is 174 Å². The molecule has 3 heterocycles. The van der Waals surface area contributed by atoms with Crippen molar-refractivity contribution in [1.82, 2.24) is 20.0 Å². The monoisotopic (exact) mass is 408 g/mol. The number of ether oxygens (including phenoxy) is 2. The smallest absolute Gasteiger partial charge is 0.259 e. The first-order valence-corrected chi connectivity index (χ1v) is 9.90. The van der Waals surface area contributed by atoms with Gasteiger partial charge in [-0.25, -0.2) is 0 Å². The van der Waals surface area contributed by atoms with Crippen LogP contribution in [-0.2, 0) is 11.2 Å². The van der Waals surface area contributed by atoms with E-state index in [4.69, 9.17) is 14.0 Å². The Bertz CT molecular complexity index is 997. The van der Waals surface area contributed by atoms with Crippen LogP contribution in [0.5, 0.6) is 11.5 Å². The van der Waals surface area contributed by atoms with Crippen LogP contribution in [0.2, 0.25) is 0 Å². The first kappa shape index (κ1) is 19.9. The van der Waals surface area contributed by atoms with Gasteiger partial charge in [0, 0.05) is 37.0 Å². The molecule has 1 aliphatic heterocycles. The average Bonchev–Trinajstić information content (AvgIpc) is 3.30. The van der Waals surface area contributed by atoms with Crippen LogP contribution in [-0.4, -0.2) is 53.2 Å². The van der Waals surface area contributed by atoms with Gasteiger partial charge in [0.05, 0.1) is 26.2 Å². The highest BCUT2D eigenvalue weighted by Gasteiger charge is 2.27. The molecule has 156 valence electrons. The van der Waals surface area contributed by atoms with E-state index in [0.29, 0.717) is 36.3 Å². The number of carbonyl (C=O) groups excluding carboxylic acids is 1. The molecule has 0 bridgehead atoms. The van der Waals surface area contributed by atoms with Gasteiger partial charge in [-0.05, 0) is 43.2 Å². The lowest BCUT2D eigenvalue weighted by Gasteiger charge is -2.30. The van der Waals surface area contributed by atoms with E-state index in [1.54, 1.807) is 26.6 Å². The molecule has 30 heavy (non-hydrogen) atoms. The molecular weight excluding hydrogens is 384 g/mol. The molecule has 0 radical (unpaired) electrons. The number of likely N-dealkylation sites (tertiary alicyclic amines) is 1. The Hall–Kier alpha value is -3.42. The molecule has 8 nitrogen and oxygen atoms in total. The molecule has 1 fully saturated rings. The minimum atomic E-state index is 0.0733. The lowest BCUT2D eigenvalue weighted by Crippen LogP contribution is -2.39. The van der Waals surface area contributed by atoms with Gasteiger partial charge < -0.3 is 18.9 Å². The molecule has 1 amide bonds. The fraction of sp³-hybridized carbons (Fsp3) is 0.364. The molecule has 1 aliphatic rings. The summed E-state index contributed by atoms with van der Waals surface area (Å²) in [7, 11) is 3.21. The standard InChI is InChI=1S/C22H24N4O4/c1-28-18-5-6-19(29-2)17(12-18)13-20(27)26-10-7-15(8-11-26)21-24-22(30-25-21)16-4-3-9-23-14-16/h3-6,9,12,14-15H,7-8,10-11,13H2,1-2H3. The van der Waals surface area contributed by atoms with E-state index in [1.807, 2.05) is 35.2 Å². The maximum atomic E-state index is 12.8. The molecule has 0 atom stereocenters. The van der Waals surface area contributed by atoms with Crippen LogP contribution in [0.3, 0.4) is 0 Å². The molecule has 4 rings (SSSR count). The first-order chi connectivity index (χ1) is 14.7. The fourth-order valence-corrected chi connectivity index (χ4v) is 3.69. The van der Waals surface area contributed by atoms with Gasteiger partial charge in [-0.15, -0.1) is 0 Å². The van der Waals surface area contributed by atoms with Crippen LogP contribution in [0.1, 0.15) is 30.1 Å². The normalized spacial score (nSPS) is 14.5. The highest BCUT2D eigenvalue weighted by molar-refractivity contribution is 5.79. The van der Waals surface area contributed by atoms with Gasteiger partial charge in [0.15, 0.2) is 5.82 Å². The lowest BCUT2D eigenvalue weighted by molar-refractivity contribution is -0.131. The van der Waals surface area contributed by atoms with Gasteiger partial charge in [0.25, 0.3) is 5.89 Å². The molecule has 0 N–H and O–H groups in total. The molecule has 1 aromatic carbocycles. The second kappa shape index (κ2) is 8.94. The van der Waals surface area contributed by atoms with Gasteiger partial charge in [-0.2, -0.15) is 4.98 Å². The summed E-state index contributed by atoms with van der Waals surface area (Å²) in [6.07, 6.45) is 5.28. The summed E-state index contributed by atoms with van der Waals surface area (Å²) in [5, 5.41) is 4.15. The molecule has 0 spiro atoms. The van der Waals surface area contributed by atoms with Gasteiger partial charge in [-0.3, -0.25) is 9.78 Å². The summed E-state index contributed by atoms with van der Waals surface area (Å²) in [6, 6.07) is 9.22. The fourth-order valence-electron chi connectivity index (χ4n) is 3.69. The third kappa shape index (κ3) is 4.27. The highest BCUT2D eigenvalue weighted by atomic mass is 16.5. The lowest BCUT2D eigenvalue weighted by atomic mass is 9.95. The summed E-state index contributed by atoms with van der Waals surface area (Å²) in [4.78, 5) is 23.3. The topological polar surface area (TPSA) is 90.6 Å². The predicted molar refractivity (Wildman–Crippen MR) is 109 cm³/mol. The van der Waals surface area contributed by atoms with Crippen molar-refractivity contribution in [3.05, 3.63) is 54.1 Å². The Morgan fingerprint density at radius 2 is 2.03 bits per heavy atom. The number of aromatic nitrogens is 3. The largest absolute Gasteiger partial charge is 0.497 e. The van der Waals surface area contributed by atoms with Gasteiger partial charge >= 0.3 is 0 Å². The van der Waals surface area contributed by atoms with Crippen LogP contribution in [0.4, 0.5) is 0 Å². The van der Waals surface area contributed by atoms with Crippen molar-refractivity contribution in [3.63, 3.8) is 0 Å². The second-order valence-corrected chi connectivity index (χ2v) is 7.21. The zero-order valence-electron chi connectivity index (χ0n) is 17.1. The Balaban J connectivity index is 1.37. The Morgan fingerprint density at radius 1 is 1.20 bits per heavy atom. The molecule has 2 aromatic heterocycles. The molecule has 8 heteroatoms. The molecule has 1 saturated heterocycles. The van der Waals surface area contributed by atoms with E-state index in [1.165, 1.54) is 0 Å². The maximum Gasteiger partial charge on any atom is 0.259 e. The third-order valence-electron chi connectivity index (χ3n) is 5.39. The molecule has 0 aliphatic carbocycles. The minimum Gasteiger partial charge on any atom is -0.497 e. The van der Waals surface area contributed by atoms with E-state index in [9.17, 15) is 4.79 Å². The summed E-state index contributed by atoms with van der Waals surface area (Å²) >= 11 is 0. The first-order valence-electron chi connectivity index (χ1n) is 9.90. The molecule has 0 saturated carbocycles. The van der Waals surface area contributed by atoms with Crippen molar-refractivity contribution < 1.29 is 18.8 Å². The van der Waals surface area contributed by atoms with Crippen LogP contribution in [0, 0.1) is 0 Å². The molecular formula is C22H24N4O4. The van der Waals surface area contributed by atoms with E-state index in [2.05, 4.69) is 15.1 Å². The number of benzene rings is 1. The SMILES string of the molecule is COc1ccc(OC)c(CC(=O)N2CCC(c3noc(-c4cccnc4)n3)CC2)c1. The van der Waals surface area contributed by atoms with E-state index in [0.717, 1.165) is 24.0 Å². The second-order valence-electron chi connectivity index (χ2n) is 7.21. The van der Waals surface area contributed by atoms with Crippen molar-refractivity contribution in [2.45, 2.75) is 25.2 Å². The molecule has 3 aromatic rings. The zero-order valence-corrected chi connectivity index (χ0v) is 17.1. The van der Waals surface area contributed by atoms with Gasteiger partial charge in [-0.1, -0.05) is 5.16 Å². The molecule has 0 unspecified atom stereocenters. The number of amides is 1. The zero-order chi connectivity index (χ0) is 20.9.